The van der Waals surface area contributed by atoms with Gasteiger partial charge >= 0.3 is 0 Å². The zero-order chi connectivity index (χ0) is 16.7. The van der Waals surface area contributed by atoms with E-state index in [-0.39, 0.29) is 11.5 Å². The van der Waals surface area contributed by atoms with Gasteiger partial charge in [0, 0.05) is 32.7 Å². The monoisotopic (exact) mass is 316 g/mol. The third-order valence-electron chi connectivity index (χ3n) is 4.63. The van der Waals surface area contributed by atoms with Crippen molar-refractivity contribution in [2.75, 3.05) is 33.2 Å². The number of ketones is 1. The number of piperazine rings is 1. The summed E-state index contributed by atoms with van der Waals surface area (Å²) in [7, 11) is 2.11. The van der Waals surface area contributed by atoms with Crippen molar-refractivity contribution in [2.45, 2.75) is 27.3 Å². The van der Waals surface area contributed by atoms with Crippen molar-refractivity contribution < 1.29 is 14.6 Å². The molecule has 3 rings (SSSR count). The molecule has 2 aliphatic heterocycles. The Balaban J connectivity index is 1.97. The number of hydrogen-bond donors (Lipinski definition) is 1. The molecule has 1 aromatic rings. The predicted octanol–water partition coefficient (Wildman–Crippen LogP) is 2.32. The van der Waals surface area contributed by atoms with Crippen molar-refractivity contribution in [3.8, 4) is 11.5 Å². The number of Topliss-reactive ketones (excluding diaryl/α,β-unsaturated/α-hetero) is 1. The molecular formula is C18H24N2O3. The Morgan fingerprint density at radius 1 is 1.26 bits per heavy atom. The molecule has 2 aliphatic rings. The molecule has 0 aliphatic carbocycles. The highest BCUT2D eigenvalue weighted by molar-refractivity contribution is 6.14. The van der Waals surface area contributed by atoms with Crippen LogP contribution in [0.4, 0.5) is 0 Å². The highest BCUT2D eigenvalue weighted by atomic mass is 16.5. The minimum atomic E-state index is -0.0721. The van der Waals surface area contributed by atoms with E-state index in [0.29, 0.717) is 23.6 Å². The molecule has 0 atom stereocenters. The third kappa shape index (κ3) is 2.86. The molecule has 5 nitrogen and oxygen atoms in total. The molecule has 0 saturated carbocycles. The number of aromatic hydroxyl groups is 1. The molecule has 1 aromatic carbocycles. The maximum absolute atomic E-state index is 12.6. The van der Waals surface area contributed by atoms with Gasteiger partial charge in [0.2, 0.25) is 5.78 Å². The molecule has 23 heavy (non-hydrogen) atoms. The maximum Gasteiger partial charge on any atom is 0.232 e. The second-order valence-electron chi connectivity index (χ2n) is 6.74. The van der Waals surface area contributed by atoms with E-state index in [2.05, 4.69) is 16.8 Å². The van der Waals surface area contributed by atoms with Crippen molar-refractivity contribution >= 4 is 5.78 Å². The summed E-state index contributed by atoms with van der Waals surface area (Å²) >= 11 is 0. The standard InChI is InChI=1S/C18H24N2O3/c1-11(2)17-16(22)15-12(3)9-14(21)13(18(15)23-17)10-20-7-5-19(4)6-8-20/h9,21H,5-8,10H2,1-4H3. The van der Waals surface area contributed by atoms with E-state index in [9.17, 15) is 9.90 Å². The zero-order valence-electron chi connectivity index (χ0n) is 14.3. The van der Waals surface area contributed by atoms with Crippen LogP contribution < -0.4 is 4.74 Å². The van der Waals surface area contributed by atoms with Crippen LogP contribution in [0.5, 0.6) is 11.5 Å². The summed E-state index contributed by atoms with van der Waals surface area (Å²) in [5.74, 6) is 1.08. The molecule has 0 spiro atoms. The van der Waals surface area contributed by atoms with Gasteiger partial charge in [-0.25, -0.2) is 0 Å². The lowest BCUT2D eigenvalue weighted by molar-refractivity contribution is 0.101. The average molecular weight is 316 g/mol. The number of phenols is 1. The molecule has 124 valence electrons. The topological polar surface area (TPSA) is 53.0 Å². The lowest BCUT2D eigenvalue weighted by Crippen LogP contribution is -2.43. The largest absolute Gasteiger partial charge is 0.507 e. The van der Waals surface area contributed by atoms with Gasteiger partial charge in [-0.05, 0) is 45.0 Å². The highest BCUT2D eigenvalue weighted by Gasteiger charge is 2.34. The van der Waals surface area contributed by atoms with Crippen molar-refractivity contribution in [3.05, 3.63) is 34.1 Å². The number of nitrogens with zero attached hydrogens (tertiary/aromatic N) is 2. The Hall–Kier alpha value is -1.85. The van der Waals surface area contributed by atoms with Crippen LogP contribution in [0.3, 0.4) is 0 Å². The number of ether oxygens (including phenoxy) is 1. The fraction of sp³-hybridized carbons (Fsp3) is 0.500. The first-order chi connectivity index (χ1) is 10.9. The molecule has 0 bridgehead atoms. The van der Waals surface area contributed by atoms with E-state index in [1.807, 2.05) is 20.8 Å². The predicted molar refractivity (Wildman–Crippen MR) is 89.0 cm³/mol. The van der Waals surface area contributed by atoms with E-state index < -0.39 is 0 Å². The van der Waals surface area contributed by atoms with Crippen LogP contribution in [0, 0.1) is 6.92 Å². The van der Waals surface area contributed by atoms with Gasteiger partial charge in [-0.3, -0.25) is 9.69 Å². The fourth-order valence-electron chi connectivity index (χ4n) is 3.18. The van der Waals surface area contributed by atoms with E-state index in [1.54, 1.807) is 6.07 Å². The summed E-state index contributed by atoms with van der Waals surface area (Å²) in [6.07, 6.45) is 0. The first-order valence-corrected chi connectivity index (χ1v) is 8.05. The van der Waals surface area contributed by atoms with Gasteiger partial charge in [-0.2, -0.15) is 0 Å². The molecule has 1 N–H and O–H groups in total. The summed E-state index contributed by atoms with van der Waals surface area (Å²) in [5.41, 5.74) is 2.94. The van der Waals surface area contributed by atoms with Crippen LogP contribution in [-0.4, -0.2) is 53.9 Å². The van der Waals surface area contributed by atoms with Crippen LogP contribution in [0.25, 0.3) is 0 Å². The number of allylic oxidation sites excluding steroid dienone is 2. The van der Waals surface area contributed by atoms with Crippen LogP contribution >= 0.6 is 0 Å². The SMILES string of the molecule is CC(C)=C1Oc2c(CN3CCN(C)CC3)c(O)cc(C)c2C1=O. The molecule has 1 fully saturated rings. The summed E-state index contributed by atoms with van der Waals surface area (Å²) < 4.78 is 5.87. The smallest absolute Gasteiger partial charge is 0.232 e. The van der Waals surface area contributed by atoms with Crippen LogP contribution in [0.15, 0.2) is 17.4 Å². The van der Waals surface area contributed by atoms with Gasteiger partial charge in [0.05, 0.1) is 11.1 Å². The van der Waals surface area contributed by atoms with E-state index in [0.717, 1.165) is 42.9 Å². The van der Waals surface area contributed by atoms with Crippen molar-refractivity contribution in [2.24, 2.45) is 0 Å². The number of carbonyl (C=O) groups excluding carboxylic acids is 1. The highest BCUT2D eigenvalue weighted by Crippen LogP contribution is 2.42. The van der Waals surface area contributed by atoms with E-state index in [1.165, 1.54) is 0 Å². The molecule has 0 amide bonds. The number of hydrogen-bond acceptors (Lipinski definition) is 5. The average Bonchev–Trinajstić information content (AvgIpc) is 2.83. The summed E-state index contributed by atoms with van der Waals surface area (Å²) in [6, 6.07) is 1.68. The third-order valence-corrected chi connectivity index (χ3v) is 4.63. The quantitative estimate of drug-likeness (QED) is 0.849. The van der Waals surface area contributed by atoms with Crippen molar-refractivity contribution in [1.29, 1.82) is 0 Å². The second-order valence-corrected chi connectivity index (χ2v) is 6.74. The Morgan fingerprint density at radius 2 is 1.91 bits per heavy atom. The number of benzene rings is 1. The lowest BCUT2D eigenvalue weighted by atomic mass is 9.98. The van der Waals surface area contributed by atoms with Gasteiger partial charge < -0.3 is 14.7 Å². The number of likely N-dealkylation sites (N-methyl/N-ethyl adjacent to an activating group) is 1. The van der Waals surface area contributed by atoms with Crippen molar-refractivity contribution in [1.82, 2.24) is 9.80 Å². The minimum absolute atomic E-state index is 0.0721. The van der Waals surface area contributed by atoms with Crippen molar-refractivity contribution in [3.63, 3.8) is 0 Å². The summed E-state index contributed by atoms with van der Waals surface area (Å²) in [5, 5.41) is 10.4. The Labute approximate surface area is 137 Å². The molecule has 0 aromatic heterocycles. The molecule has 1 saturated heterocycles. The summed E-state index contributed by atoms with van der Waals surface area (Å²) in [6.45, 7) is 10.1. The zero-order valence-corrected chi connectivity index (χ0v) is 14.3. The van der Waals surface area contributed by atoms with E-state index in [4.69, 9.17) is 4.74 Å². The van der Waals surface area contributed by atoms with Gasteiger partial charge in [-0.1, -0.05) is 0 Å². The normalized spacial score (nSPS) is 19.0. The van der Waals surface area contributed by atoms with Gasteiger partial charge in [0.25, 0.3) is 0 Å². The van der Waals surface area contributed by atoms with Crippen LogP contribution in [-0.2, 0) is 6.54 Å². The maximum atomic E-state index is 12.6. The number of aryl methyl sites for hydroxylation is 1. The Bertz CT molecular complexity index is 682. The fourth-order valence-corrected chi connectivity index (χ4v) is 3.18. The number of rotatable bonds is 2. The van der Waals surface area contributed by atoms with Crippen LogP contribution in [0.2, 0.25) is 0 Å². The first kappa shape index (κ1) is 16.0. The lowest BCUT2D eigenvalue weighted by Gasteiger charge is -2.32. The first-order valence-electron chi connectivity index (χ1n) is 8.05. The Morgan fingerprint density at radius 3 is 2.52 bits per heavy atom. The molecule has 5 heteroatoms. The molecule has 0 unspecified atom stereocenters. The van der Waals surface area contributed by atoms with E-state index >= 15 is 0 Å². The molecule has 0 radical (unpaired) electrons. The number of fused-ring (bicyclic) bond motifs is 1. The van der Waals surface area contributed by atoms with Gasteiger partial charge in [0.15, 0.2) is 5.76 Å². The number of carbonyl (C=O) groups is 1. The summed E-state index contributed by atoms with van der Waals surface area (Å²) in [4.78, 5) is 17.2. The van der Waals surface area contributed by atoms with Gasteiger partial charge in [-0.15, -0.1) is 0 Å². The molecule has 2 heterocycles. The van der Waals surface area contributed by atoms with Gasteiger partial charge in [0.1, 0.15) is 11.5 Å². The Kier molecular flexibility index (Phi) is 4.17. The molecular weight excluding hydrogens is 292 g/mol. The minimum Gasteiger partial charge on any atom is -0.507 e. The number of phenolic OH excluding ortho intramolecular Hbond substituents is 1. The van der Waals surface area contributed by atoms with Crippen LogP contribution in [0.1, 0.15) is 35.3 Å². The second kappa shape index (κ2) is 5.98.